The van der Waals surface area contributed by atoms with Crippen LogP contribution in [-0.2, 0) is 0 Å². The Morgan fingerprint density at radius 2 is 2.17 bits per heavy atom. The lowest BCUT2D eigenvalue weighted by atomic mass is 9.72. The molecule has 1 unspecified atom stereocenters. The van der Waals surface area contributed by atoms with Crippen molar-refractivity contribution in [1.29, 1.82) is 0 Å². The normalized spacial score (nSPS) is 28.4. The van der Waals surface area contributed by atoms with Crippen molar-refractivity contribution in [3.05, 3.63) is 11.1 Å². The second-order valence-electron chi connectivity index (χ2n) is 4.25. The smallest absolute Gasteiger partial charge is 0.0586 e. The highest BCUT2D eigenvalue weighted by atomic mass is 16.3. The highest BCUT2D eigenvalue weighted by Crippen LogP contribution is 2.39. The molecule has 1 atom stereocenters. The zero-order valence-electron chi connectivity index (χ0n) is 8.02. The van der Waals surface area contributed by atoms with Crippen LogP contribution in [0.2, 0.25) is 0 Å². The lowest BCUT2D eigenvalue weighted by Gasteiger charge is -2.34. The molecule has 1 aliphatic rings. The third-order valence-electron chi connectivity index (χ3n) is 2.54. The fourth-order valence-corrected chi connectivity index (χ4v) is 2.12. The van der Waals surface area contributed by atoms with Crippen molar-refractivity contribution in [3.8, 4) is 12.3 Å². The molecule has 1 nitrogen and oxygen atoms in total. The largest absolute Gasteiger partial charge is 0.393 e. The summed E-state index contributed by atoms with van der Waals surface area (Å²) in [5.41, 5.74) is 2.23. The zero-order valence-corrected chi connectivity index (χ0v) is 8.02. The van der Waals surface area contributed by atoms with Crippen molar-refractivity contribution in [2.24, 2.45) is 5.41 Å². The summed E-state index contributed by atoms with van der Waals surface area (Å²) in [6.45, 7) is 6.20. The Hall–Kier alpha value is -0.740. The van der Waals surface area contributed by atoms with Gasteiger partial charge in [-0.15, -0.1) is 6.42 Å². The van der Waals surface area contributed by atoms with Crippen molar-refractivity contribution >= 4 is 0 Å². The van der Waals surface area contributed by atoms with Gasteiger partial charge in [-0.2, -0.15) is 0 Å². The van der Waals surface area contributed by atoms with E-state index >= 15 is 0 Å². The standard InChI is InChI=1S/C11H16O/c1-5-10-8(2)6-9(12)7-11(10,3)4/h1,9,12H,6-7H2,2-4H3. The van der Waals surface area contributed by atoms with Crippen LogP contribution in [0, 0.1) is 17.8 Å². The summed E-state index contributed by atoms with van der Waals surface area (Å²) in [6.07, 6.45) is 6.73. The van der Waals surface area contributed by atoms with Gasteiger partial charge >= 0.3 is 0 Å². The number of aliphatic hydroxyl groups is 1. The topological polar surface area (TPSA) is 20.2 Å². The molecule has 0 heterocycles. The molecule has 0 bridgehead atoms. The zero-order chi connectivity index (χ0) is 9.35. The average Bonchev–Trinajstić information content (AvgIpc) is 1.82. The first-order valence-corrected chi connectivity index (χ1v) is 4.32. The second kappa shape index (κ2) is 2.95. The minimum absolute atomic E-state index is 0.0174. The van der Waals surface area contributed by atoms with Gasteiger partial charge in [0.05, 0.1) is 6.10 Å². The molecular formula is C11H16O. The van der Waals surface area contributed by atoms with Gasteiger partial charge in [0, 0.05) is 11.0 Å². The van der Waals surface area contributed by atoms with E-state index in [4.69, 9.17) is 6.42 Å². The molecule has 0 aromatic carbocycles. The van der Waals surface area contributed by atoms with Gasteiger partial charge in [0.2, 0.25) is 0 Å². The van der Waals surface area contributed by atoms with Gasteiger partial charge in [-0.25, -0.2) is 0 Å². The van der Waals surface area contributed by atoms with E-state index in [1.165, 1.54) is 5.57 Å². The van der Waals surface area contributed by atoms with Crippen LogP contribution in [0.25, 0.3) is 0 Å². The van der Waals surface area contributed by atoms with Gasteiger partial charge in [0.15, 0.2) is 0 Å². The molecule has 1 N–H and O–H groups in total. The van der Waals surface area contributed by atoms with Crippen LogP contribution in [0.3, 0.4) is 0 Å². The molecule has 0 saturated heterocycles. The number of aliphatic hydroxyl groups excluding tert-OH is 1. The first kappa shape index (κ1) is 9.35. The third-order valence-corrected chi connectivity index (χ3v) is 2.54. The van der Waals surface area contributed by atoms with Crippen LogP contribution >= 0.6 is 0 Å². The summed E-state index contributed by atoms with van der Waals surface area (Å²) >= 11 is 0. The maximum absolute atomic E-state index is 9.53. The average molecular weight is 164 g/mol. The van der Waals surface area contributed by atoms with Gasteiger partial charge in [-0.3, -0.25) is 0 Å². The molecular weight excluding hydrogens is 148 g/mol. The molecule has 1 heteroatoms. The van der Waals surface area contributed by atoms with Crippen LogP contribution < -0.4 is 0 Å². The Bertz CT molecular complexity index is 253. The van der Waals surface area contributed by atoms with E-state index in [0.29, 0.717) is 0 Å². The van der Waals surface area contributed by atoms with E-state index in [1.54, 1.807) is 0 Å². The van der Waals surface area contributed by atoms with E-state index in [9.17, 15) is 5.11 Å². The van der Waals surface area contributed by atoms with Gasteiger partial charge in [0.25, 0.3) is 0 Å². The minimum atomic E-state index is -0.211. The van der Waals surface area contributed by atoms with E-state index in [2.05, 4.69) is 19.8 Å². The molecule has 12 heavy (non-hydrogen) atoms. The van der Waals surface area contributed by atoms with Crippen LogP contribution in [0.4, 0.5) is 0 Å². The van der Waals surface area contributed by atoms with Crippen LogP contribution in [-0.4, -0.2) is 11.2 Å². The van der Waals surface area contributed by atoms with Crippen molar-refractivity contribution in [2.75, 3.05) is 0 Å². The maximum atomic E-state index is 9.53. The van der Waals surface area contributed by atoms with E-state index in [1.807, 2.05) is 6.92 Å². The Labute approximate surface area is 74.5 Å². The lowest BCUT2D eigenvalue weighted by Crippen LogP contribution is -2.28. The molecule has 66 valence electrons. The molecule has 0 aromatic rings. The summed E-state index contributed by atoms with van der Waals surface area (Å²) < 4.78 is 0. The summed E-state index contributed by atoms with van der Waals surface area (Å²) in [4.78, 5) is 0. The third kappa shape index (κ3) is 1.54. The number of terminal acetylenes is 1. The predicted molar refractivity (Wildman–Crippen MR) is 50.6 cm³/mol. The highest BCUT2D eigenvalue weighted by Gasteiger charge is 2.31. The van der Waals surface area contributed by atoms with Gasteiger partial charge in [-0.05, 0) is 19.8 Å². The first-order chi connectivity index (χ1) is 5.47. The highest BCUT2D eigenvalue weighted by molar-refractivity contribution is 5.38. The lowest BCUT2D eigenvalue weighted by molar-refractivity contribution is 0.117. The molecule has 1 aliphatic carbocycles. The monoisotopic (exact) mass is 164 g/mol. The summed E-state index contributed by atoms with van der Waals surface area (Å²) in [5, 5.41) is 9.53. The number of rotatable bonds is 0. The maximum Gasteiger partial charge on any atom is 0.0586 e. The molecule has 0 radical (unpaired) electrons. The van der Waals surface area contributed by atoms with Gasteiger partial charge in [-0.1, -0.05) is 25.3 Å². The molecule has 0 amide bonds. The second-order valence-corrected chi connectivity index (χ2v) is 4.25. The Morgan fingerprint density at radius 1 is 1.58 bits per heavy atom. The van der Waals surface area contributed by atoms with E-state index in [0.717, 1.165) is 18.4 Å². The van der Waals surface area contributed by atoms with Crippen LogP contribution in [0.15, 0.2) is 11.1 Å². The SMILES string of the molecule is C#CC1=C(C)CC(O)CC1(C)C. The Kier molecular flexibility index (Phi) is 2.30. The van der Waals surface area contributed by atoms with Crippen molar-refractivity contribution in [2.45, 2.75) is 39.7 Å². The first-order valence-electron chi connectivity index (χ1n) is 4.32. The fourth-order valence-electron chi connectivity index (χ4n) is 2.12. The summed E-state index contributed by atoms with van der Waals surface area (Å²) in [5.74, 6) is 2.73. The molecule has 0 aliphatic heterocycles. The number of hydrogen-bond acceptors (Lipinski definition) is 1. The molecule has 0 fully saturated rings. The van der Waals surface area contributed by atoms with E-state index in [-0.39, 0.29) is 11.5 Å². The fraction of sp³-hybridized carbons (Fsp3) is 0.636. The molecule has 1 rings (SSSR count). The quantitative estimate of drug-likeness (QED) is 0.544. The molecule has 0 spiro atoms. The van der Waals surface area contributed by atoms with Crippen molar-refractivity contribution in [3.63, 3.8) is 0 Å². The molecule has 0 saturated carbocycles. The van der Waals surface area contributed by atoms with Crippen LogP contribution in [0.1, 0.15) is 33.6 Å². The van der Waals surface area contributed by atoms with Crippen LogP contribution in [0.5, 0.6) is 0 Å². The Morgan fingerprint density at radius 3 is 2.58 bits per heavy atom. The van der Waals surface area contributed by atoms with Crippen molar-refractivity contribution < 1.29 is 5.11 Å². The number of hydrogen-bond donors (Lipinski definition) is 1. The Balaban J connectivity index is 3.06. The predicted octanol–water partition coefficient (Wildman–Crippen LogP) is 2.12. The van der Waals surface area contributed by atoms with E-state index < -0.39 is 0 Å². The van der Waals surface area contributed by atoms with Gasteiger partial charge in [0.1, 0.15) is 0 Å². The molecule has 0 aromatic heterocycles. The summed E-state index contributed by atoms with van der Waals surface area (Å²) in [6, 6.07) is 0. The minimum Gasteiger partial charge on any atom is -0.393 e. The van der Waals surface area contributed by atoms with Gasteiger partial charge < -0.3 is 5.11 Å². The summed E-state index contributed by atoms with van der Waals surface area (Å²) in [7, 11) is 0. The van der Waals surface area contributed by atoms with Crippen molar-refractivity contribution in [1.82, 2.24) is 0 Å². The number of allylic oxidation sites excluding steroid dienone is 1.